The first-order chi connectivity index (χ1) is 19.0. The molecule has 0 aromatic heterocycles. The van der Waals surface area contributed by atoms with E-state index in [0.717, 1.165) is 11.8 Å². The summed E-state index contributed by atoms with van der Waals surface area (Å²) in [5.41, 5.74) is 7.48. The summed E-state index contributed by atoms with van der Waals surface area (Å²) in [6, 6.07) is 0. The summed E-state index contributed by atoms with van der Waals surface area (Å²) < 4.78 is 0. The molecule has 0 heteroatoms. The van der Waals surface area contributed by atoms with Gasteiger partial charge in [-0.25, -0.2) is 0 Å². The molecular weight excluding hydrogens is 480 g/mol. The molecular formula is C40H68. The Hall–Kier alpha value is -1.82. The molecule has 228 valence electrons. The van der Waals surface area contributed by atoms with Crippen LogP contribution in [0, 0.1) is 17.8 Å². The third kappa shape index (κ3) is 26.4. The summed E-state index contributed by atoms with van der Waals surface area (Å²) in [6.07, 6.45) is 37.5. The lowest BCUT2D eigenvalue weighted by molar-refractivity contribution is 0.500. The Morgan fingerprint density at radius 1 is 0.450 bits per heavy atom. The molecule has 0 nitrogen and oxygen atoms in total. The highest BCUT2D eigenvalue weighted by Gasteiger charge is 2.02. The van der Waals surface area contributed by atoms with Gasteiger partial charge in [0.25, 0.3) is 0 Å². The van der Waals surface area contributed by atoms with Crippen LogP contribution in [0.4, 0.5) is 0 Å². The summed E-state index contributed by atoms with van der Waals surface area (Å²) in [5, 5.41) is 0. The van der Waals surface area contributed by atoms with Crippen LogP contribution >= 0.6 is 0 Å². The van der Waals surface area contributed by atoms with Crippen LogP contribution in [-0.2, 0) is 0 Å². The quantitative estimate of drug-likeness (QED) is 0.118. The summed E-state index contributed by atoms with van der Waals surface area (Å²) in [4.78, 5) is 0. The fourth-order valence-electron chi connectivity index (χ4n) is 4.80. The lowest BCUT2D eigenvalue weighted by Crippen LogP contribution is -1.94. The van der Waals surface area contributed by atoms with Crippen molar-refractivity contribution in [2.24, 2.45) is 17.8 Å². The molecule has 0 heterocycles. The van der Waals surface area contributed by atoms with Gasteiger partial charge in [-0.15, -0.1) is 0 Å². The normalized spacial score (nSPS) is 15.5. The second-order valence-electron chi connectivity index (χ2n) is 13.2. The van der Waals surface area contributed by atoms with E-state index in [9.17, 15) is 0 Å². The van der Waals surface area contributed by atoms with Gasteiger partial charge >= 0.3 is 0 Å². The van der Waals surface area contributed by atoms with Crippen LogP contribution in [0.5, 0.6) is 0 Å². The Morgan fingerprint density at radius 3 is 1.35 bits per heavy atom. The molecule has 0 rings (SSSR count). The largest absolute Gasteiger partial charge is 0.0879 e. The van der Waals surface area contributed by atoms with Gasteiger partial charge in [-0.1, -0.05) is 103 Å². The summed E-state index contributed by atoms with van der Waals surface area (Å²) in [5.74, 6) is 2.09. The van der Waals surface area contributed by atoms with Gasteiger partial charge in [0.05, 0.1) is 0 Å². The van der Waals surface area contributed by atoms with Crippen LogP contribution in [0.25, 0.3) is 0 Å². The van der Waals surface area contributed by atoms with Crippen LogP contribution in [0.3, 0.4) is 0 Å². The molecule has 0 aliphatic carbocycles. The SMILES string of the molecule is CC(C)=CCC/C(C)=C\CC/C(C)=C/CCC(C)CC/C=C/C(C)/C=C/CC(C)CC/C=C(\C)CCC=C(C)C. The molecule has 0 saturated heterocycles. The lowest BCUT2D eigenvalue weighted by atomic mass is 9.97. The van der Waals surface area contributed by atoms with E-state index >= 15 is 0 Å². The Labute approximate surface area is 252 Å². The topological polar surface area (TPSA) is 0 Å². The third-order valence-electron chi connectivity index (χ3n) is 7.76. The van der Waals surface area contributed by atoms with Crippen molar-refractivity contribution in [3.63, 3.8) is 0 Å². The number of rotatable bonds is 22. The van der Waals surface area contributed by atoms with Gasteiger partial charge in [0.15, 0.2) is 0 Å². The smallest absolute Gasteiger partial charge is 0.00819 e. The predicted octanol–water partition coefficient (Wildman–Crippen LogP) is 13.8. The number of allylic oxidation sites excluding steroid dienone is 14. The summed E-state index contributed by atoms with van der Waals surface area (Å²) >= 11 is 0. The molecule has 0 spiro atoms. The molecule has 0 aliphatic heterocycles. The molecule has 0 amide bonds. The zero-order valence-electron chi connectivity index (χ0n) is 28.6. The first kappa shape index (κ1) is 38.2. The van der Waals surface area contributed by atoms with E-state index in [1.165, 1.54) is 100 Å². The maximum atomic E-state index is 2.48. The maximum absolute atomic E-state index is 2.48. The van der Waals surface area contributed by atoms with Crippen molar-refractivity contribution in [2.75, 3.05) is 0 Å². The van der Waals surface area contributed by atoms with Gasteiger partial charge in [0.1, 0.15) is 0 Å². The molecule has 0 bridgehead atoms. The minimum Gasteiger partial charge on any atom is -0.0879 e. The molecule has 0 aliphatic rings. The first-order valence-corrected chi connectivity index (χ1v) is 16.6. The van der Waals surface area contributed by atoms with Crippen molar-refractivity contribution in [3.05, 3.63) is 82.5 Å². The second-order valence-corrected chi connectivity index (χ2v) is 13.2. The summed E-state index contributed by atoms with van der Waals surface area (Å²) in [7, 11) is 0. The fraction of sp³-hybridized carbons (Fsp3) is 0.650. The minimum atomic E-state index is 0.537. The molecule has 3 unspecified atom stereocenters. The van der Waals surface area contributed by atoms with E-state index in [0.29, 0.717) is 5.92 Å². The Bertz CT molecular complexity index is 842. The highest BCUT2D eigenvalue weighted by atomic mass is 14.1. The maximum Gasteiger partial charge on any atom is -0.00819 e. The van der Waals surface area contributed by atoms with Gasteiger partial charge < -0.3 is 0 Å². The van der Waals surface area contributed by atoms with Crippen LogP contribution < -0.4 is 0 Å². The van der Waals surface area contributed by atoms with Crippen LogP contribution in [0.15, 0.2) is 82.5 Å². The predicted molar refractivity (Wildman–Crippen MR) is 186 cm³/mol. The van der Waals surface area contributed by atoms with Crippen molar-refractivity contribution < 1.29 is 0 Å². The average Bonchev–Trinajstić information content (AvgIpc) is 2.86. The van der Waals surface area contributed by atoms with Crippen LogP contribution in [-0.4, -0.2) is 0 Å². The van der Waals surface area contributed by atoms with Crippen molar-refractivity contribution in [1.29, 1.82) is 0 Å². The zero-order chi connectivity index (χ0) is 30.2. The van der Waals surface area contributed by atoms with E-state index in [2.05, 4.69) is 124 Å². The molecule has 0 saturated carbocycles. The van der Waals surface area contributed by atoms with E-state index in [-0.39, 0.29) is 0 Å². The Morgan fingerprint density at radius 2 is 0.850 bits per heavy atom. The standard InChI is InChI=1S/C40H68/c1-33(2)19-13-23-37(7)27-17-31-39(9)29-15-25-35(5)21-11-12-22-36(6)26-16-30-40(10)32-18-28-38(8)24-14-20-34(3)4/h11,15,19-21,25,27-28,30,35-36,39H,12-14,16-18,22-24,26,29,31-32H2,1-10H3/b21-11+,25-15+,37-27+,38-28-,40-30+. The van der Waals surface area contributed by atoms with Crippen LogP contribution in [0.2, 0.25) is 0 Å². The first-order valence-electron chi connectivity index (χ1n) is 16.6. The van der Waals surface area contributed by atoms with Gasteiger partial charge in [-0.05, 0) is 150 Å². The van der Waals surface area contributed by atoms with Crippen molar-refractivity contribution in [3.8, 4) is 0 Å². The van der Waals surface area contributed by atoms with Gasteiger partial charge in [0.2, 0.25) is 0 Å². The highest BCUT2D eigenvalue weighted by Crippen LogP contribution is 2.18. The molecule has 0 fully saturated rings. The highest BCUT2D eigenvalue weighted by molar-refractivity contribution is 5.06. The monoisotopic (exact) mass is 549 g/mol. The molecule has 0 N–H and O–H groups in total. The van der Waals surface area contributed by atoms with E-state index in [1.807, 2.05) is 0 Å². The average molecular weight is 549 g/mol. The fourth-order valence-corrected chi connectivity index (χ4v) is 4.80. The minimum absolute atomic E-state index is 0.537. The zero-order valence-corrected chi connectivity index (χ0v) is 28.6. The van der Waals surface area contributed by atoms with E-state index in [4.69, 9.17) is 0 Å². The molecule has 0 aromatic carbocycles. The molecule has 0 aromatic rings. The van der Waals surface area contributed by atoms with E-state index < -0.39 is 0 Å². The Balaban J connectivity index is 4.05. The third-order valence-corrected chi connectivity index (χ3v) is 7.76. The number of hydrogen-bond donors (Lipinski definition) is 0. The van der Waals surface area contributed by atoms with E-state index in [1.54, 1.807) is 11.1 Å². The second kappa shape index (κ2) is 24.9. The lowest BCUT2D eigenvalue weighted by Gasteiger charge is -2.09. The van der Waals surface area contributed by atoms with Gasteiger partial charge in [0, 0.05) is 0 Å². The van der Waals surface area contributed by atoms with Gasteiger partial charge in [-0.2, -0.15) is 0 Å². The molecule has 3 atom stereocenters. The Kier molecular flexibility index (Phi) is 23.8. The molecule has 0 radical (unpaired) electrons. The molecule has 40 heavy (non-hydrogen) atoms. The summed E-state index contributed by atoms with van der Waals surface area (Å²) in [6.45, 7) is 22.7. The van der Waals surface area contributed by atoms with Crippen molar-refractivity contribution in [1.82, 2.24) is 0 Å². The van der Waals surface area contributed by atoms with Crippen LogP contribution in [0.1, 0.15) is 153 Å². The van der Waals surface area contributed by atoms with Crippen molar-refractivity contribution >= 4 is 0 Å². The van der Waals surface area contributed by atoms with Gasteiger partial charge in [-0.3, -0.25) is 0 Å². The van der Waals surface area contributed by atoms with Crippen molar-refractivity contribution in [2.45, 2.75) is 153 Å². The number of hydrogen-bond acceptors (Lipinski definition) is 0.